The van der Waals surface area contributed by atoms with Gasteiger partial charge < -0.3 is 10.4 Å². The number of nitrogens with one attached hydrogen (secondary N) is 1. The van der Waals surface area contributed by atoms with Crippen LogP contribution >= 0.6 is 0 Å². The summed E-state index contributed by atoms with van der Waals surface area (Å²) >= 11 is 0. The van der Waals surface area contributed by atoms with Crippen LogP contribution in [0.1, 0.15) is 36.7 Å². The third kappa shape index (κ3) is 3.97. The number of carbonyl (C=O) groups is 1. The van der Waals surface area contributed by atoms with Gasteiger partial charge in [-0.1, -0.05) is 30.3 Å². The quantitative estimate of drug-likeness (QED) is 0.482. The van der Waals surface area contributed by atoms with Crippen molar-refractivity contribution in [3.63, 3.8) is 0 Å². The maximum absolute atomic E-state index is 12.4. The van der Waals surface area contributed by atoms with Crippen molar-refractivity contribution < 1.29 is 14.8 Å². The van der Waals surface area contributed by atoms with Crippen LogP contribution in [-0.2, 0) is 0 Å². The lowest BCUT2D eigenvalue weighted by molar-refractivity contribution is -0.384. The standard InChI is InChI=1S/C18H20N2O4/c1-12(18(2,3)22)19-15-10-9-14(11-16(15)20(23)24)17(21)13-7-5-4-6-8-13/h4-12,19,22H,1-3H3. The van der Waals surface area contributed by atoms with E-state index in [1.807, 2.05) is 0 Å². The topological polar surface area (TPSA) is 92.5 Å². The summed E-state index contributed by atoms with van der Waals surface area (Å²) in [4.78, 5) is 23.2. The van der Waals surface area contributed by atoms with Crippen molar-refractivity contribution in [2.24, 2.45) is 0 Å². The number of benzene rings is 2. The molecule has 0 aliphatic carbocycles. The van der Waals surface area contributed by atoms with Gasteiger partial charge in [-0.2, -0.15) is 0 Å². The van der Waals surface area contributed by atoms with E-state index in [-0.39, 0.29) is 22.7 Å². The zero-order valence-corrected chi connectivity index (χ0v) is 13.8. The molecular formula is C18H20N2O4. The highest BCUT2D eigenvalue weighted by molar-refractivity contribution is 6.09. The molecule has 0 aliphatic heterocycles. The van der Waals surface area contributed by atoms with Crippen LogP contribution in [0.5, 0.6) is 0 Å². The average Bonchev–Trinajstić information content (AvgIpc) is 2.54. The molecule has 0 spiro atoms. The van der Waals surface area contributed by atoms with Gasteiger partial charge in [0.1, 0.15) is 5.69 Å². The molecule has 1 unspecified atom stereocenters. The largest absolute Gasteiger partial charge is 0.388 e. The highest BCUT2D eigenvalue weighted by atomic mass is 16.6. The monoisotopic (exact) mass is 328 g/mol. The Labute approximate surface area is 140 Å². The lowest BCUT2D eigenvalue weighted by atomic mass is 9.99. The molecule has 2 aromatic carbocycles. The second-order valence-electron chi connectivity index (χ2n) is 6.20. The van der Waals surface area contributed by atoms with Gasteiger partial charge in [-0.15, -0.1) is 0 Å². The average molecular weight is 328 g/mol. The van der Waals surface area contributed by atoms with Crippen LogP contribution in [0.15, 0.2) is 48.5 Å². The lowest BCUT2D eigenvalue weighted by Gasteiger charge is -2.27. The van der Waals surface area contributed by atoms with Gasteiger partial charge in [-0.25, -0.2) is 0 Å². The Kier molecular flexibility index (Phi) is 4.99. The first-order chi connectivity index (χ1) is 11.2. The number of nitrogens with zero attached hydrogens (tertiary/aromatic N) is 1. The van der Waals surface area contributed by atoms with Crippen LogP contribution in [0.4, 0.5) is 11.4 Å². The number of anilines is 1. The molecule has 0 aliphatic rings. The summed E-state index contributed by atoms with van der Waals surface area (Å²) < 4.78 is 0. The molecule has 0 fully saturated rings. The van der Waals surface area contributed by atoms with Crippen molar-refractivity contribution >= 4 is 17.2 Å². The number of hydrogen-bond donors (Lipinski definition) is 2. The molecular weight excluding hydrogens is 308 g/mol. The predicted octanol–water partition coefficient (Wildman–Crippen LogP) is 3.40. The zero-order chi connectivity index (χ0) is 17.9. The van der Waals surface area contributed by atoms with Crippen LogP contribution in [-0.4, -0.2) is 27.5 Å². The van der Waals surface area contributed by atoms with E-state index in [1.165, 1.54) is 12.1 Å². The fraction of sp³-hybridized carbons (Fsp3) is 0.278. The van der Waals surface area contributed by atoms with E-state index in [4.69, 9.17) is 0 Å². The molecule has 0 heterocycles. The Morgan fingerprint density at radius 2 is 1.79 bits per heavy atom. The summed E-state index contributed by atoms with van der Waals surface area (Å²) in [6, 6.07) is 12.5. The first-order valence-electron chi connectivity index (χ1n) is 7.57. The van der Waals surface area contributed by atoms with Crippen LogP contribution < -0.4 is 5.32 Å². The molecule has 2 aromatic rings. The summed E-state index contributed by atoms with van der Waals surface area (Å²) in [7, 11) is 0. The number of ketones is 1. The van der Waals surface area contributed by atoms with Crippen molar-refractivity contribution in [1.82, 2.24) is 0 Å². The van der Waals surface area contributed by atoms with E-state index < -0.39 is 16.6 Å². The molecule has 0 saturated heterocycles. The minimum Gasteiger partial charge on any atom is -0.388 e. The highest BCUT2D eigenvalue weighted by Crippen LogP contribution is 2.28. The Hall–Kier alpha value is -2.73. The van der Waals surface area contributed by atoms with Gasteiger partial charge in [0.25, 0.3) is 5.69 Å². The van der Waals surface area contributed by atoms with Crippen molar-refractivity contribution in [3.8, 4) is 0 Å². The lowest BCUT2D eigenvalue weighted by Crippen LogP contribution is -2.39. The minimum absolute atomic E-state index is 0.201. The fourth-order valence-electron chi connectivity index (χ4n) is 2.11. The molecule has 2 N–H and O–H groups in total. The molecule has 24 heavy (non-hydrogen) atoms. The number of hydrogen-bond acceptors (Lipinski definition) is 5. The van der Waals surface area contributed by atoms with E-state index >= 15 is 0 Å². The Bertz CT molecular complexity index is 751. The van der Waals surface area contributed by atoms with E-state index in [9.17, 15) is 20.0 Å². The van der Waals surface area contributed by atoms with E-state index in [2.05, 4.69) is 5.32 Å². The normalized spacial score (nSPS) is 12.5. The third-order valence-corrected chi connectivity index (χ3v) is 3.92. The maximum atomic E-state index is 12.4. The van der Waals surface area contributed by atoms with Gasteiger partial charge in [0.15, 0.2) is 5.78 Å². The van der Waals surface area contributed by atoms with E-state index in [0.717, 1.165) is 0 Å². The van der Waals surface area contributed by atoms with Crippen molar-refractivity contribution in [2.45, 2.75) is 32.4 Å². The number of rotatable bonds is 6. The molecule has 0 radical (unpaired) electrons. The van der Waals surface area contributed by atoms with Gasteiger partial charge >= 0.3 is 0 Å². The van der Waals surface area contributed by atoms with E-state index in [0.29, 0.717) is 5.56 Å². The maximum Gasteiger partial charge on any atom is 0.293 e. The molecule has 2 rings (SSSR count). The van der Waals surface area contributed by atoms with Crippen LogP contribution in [0.25, 0.3) is 0 Å². The summed E-state index contributed by atoms with van der Waals surface area (Å²) in [5, 5.41) is 24.3. The van der Waals surface area contributed by atoms with Gasteiger partial charge in [0.05, 0.1) is 16.6 Å². The Balaban J connectivity index is 2.37. The number of nitro groups is 1. The summed E-state index contributed by atoms with van der Waals surface area (Å²) in [6.07, 6.45) is 0. The van der Waals surface area contributed by atoms with Crippen molar-refractivity contribution in [3.05, 3.63) is 69.8 Å². The van der Waals surface area contributed by atoms with Crippen molar-refractivity contribution in [1.29, 1.82) is 0 Å². The fourth-order valence-corrected chi connectivity index (χ4v) is 2.11. The minimum atomic E-state index is -1.05. The van der Waals surface area contributed by atoms with Crippen LogP contribution in [0.2, 0.25) is 0 Å². The molecule has 0 amide bonds. The van der Waals surface area contributed by atoms with Gasteiger partial charge in [0, 0.05) is 17.2 Å². The Morgan fingerprint density at radius 3 is 2.33 bits per heavy atom. The second kappa shape index (κ2) is 6.80. The number of carbonyl (C=O) groups excluding carboxylic acids is 1. The molecule has 126 valence electrons. The molecule has 6 nitrogen and oxygen atoms in total. The first kappa shape index (κ1) is 17.6. The summed E-state index contributed by atoms with van der Waals surface area (Å²) in [5.74, 6) is -0.277. The first-order valence-corrected chi connectivity index (χ1v) is 7.57. The van der Waals surface area contributed by atoms with Gasteiger partial charge in [-0.05, 0) is 32.9 Å². The zero-order valence-electron chi connectivity index (χ0n) is 13.8. The molecule has 0 aromatic heterocycles. The van der Waals surface area contributed by atoms with E-state index in [1.54, 1.807) is 57.2 Å². The van der Waals surface area contributed by atoms with Crippen LogP contribution in [0.3, 0.4) is 0 Å². The molecule has 0 saturated carbocycles. The Morgan fingerprint density at radius 1 is 1.17 bits per heavy atom. The van der Waals surface area contributed by atoms with Crippen molar-refractivity contribution in [2.75, 3.05) is 5.32 Å². The molecule has 1 atom stereocenters. The van der Waals surface area contributed by atoms with Gasteiger partial charge in [0.2, 0.25) is 0 Å². The van der Waals surface area contributed by atoms with Gasteiger partial charge in [-0.3, -0.25) is 14.9 Å². The number of aliphatic hydroxyl groups is 1. The third-order valence-electron chi connectivity index (χ3n) is 3.92. The molecule has 6 heteroatoms. The predicted molar refractivity (Wildman–Crippen MR) is 92.4 cm³/mol. The molecule has 0 bridgehead atoms. The smallest absolute Gasteiger partial charge is 0.293 e. The summed E-state index contributed by atoms with van der Waals surface area (Å²) in [6.45, 7) is 4.96. The summed E-state index contributed by atoms with van der Waals surface area (Å²) in [5.41, 5.74) is -0.272. The van der Waals surface area contributed by atoms with Crippen LogP contribution in [0, 0.1) is 10.1 Å². The highest BCUT2D eigenvalue weighted by Gasteiger charge is 2.25. The SMILES string of the molecule is CC(Nc1ccc(C(=O)c2ccccc2)cc1[N+](=O)[O-])C(C)(C)O. The number of nitro benzene ring substituents is 1. The second-order valence-corrected chi connectivity index (χ2v) is 6.20.